The summed E-state index contributed by atoms with van der Waals surface area (Å²) >= 11 is 9.70. The zero-order valence-corrected chi connectivity index (χ0v) is 14.8. The van der Waals surface area contributed by atoms with Gasteiger partial charge in [-0.1, -0.05) is 24.0 Å². The summed E-state index contributed by atoms with van der Waals surface area (Å²) in [5.74, 6) is 1.14. The summed E-state index contributed by atoms with van der Waals surface area (Å²) < 4.78 is 12.5. The van der Waals surface area contributed by atoms with Gasteiger partial charge in [-0.15, -0.1) is 0 Å². The third-order valence-corrected chi connectivity index (χ3v) is 4.31. The first-order valence-electron chi connectivity index (χ1n) is 6.39. The predicted octanol–water partition coefficient (Wildman–Crippen LogP) is 3.74. The molecule has 0 bridgehead atoms. The smallest absolute Gasteiger partial charge is 0.263 e. The number of carbonyl (C=O) groups is 1. The average Bonchev–Trinajstić information content (AvgIpc) is 2.72. The van der Waals surface area contributed by atoms with Crippen molar-refractivity contribution < 1.29 is 14.3 Å². The summed E-state index contributed by atoms with van der Waals surface area (Å²) in [4.78, 5) is 12.3. The average molecular weight is 388 g/mol. The Morgan fingerprint density at radius 3 is 2.62 bits per heavy atom. The Kier molecular flexibility index (Phi) is 5.66. The Balaban J connectivity index is 2.39. The maximum atomic E-state index is 11.7. The van der Waals surface area contributed by atoms with E-state index >= 15 is 0 Å². The second-order valence-corrected chi connectivity index (χ2v) is 6.62. The molecule has 2 rings (SSSR count). The minimum absolute atomic E-state index is 0.173. The lowest BCUT2D eigenvalue weighted by Crippen LogP contribution is -2.17. The molecule has 1 amide bonds. The number of amides is 1. The third kappa shape index (κ3) is 3.99. The van der Waals surface area contributed by atoms with E-state index in [1.54, 1.807) is 6.08 Å². The lowest BCUT2D eigenvalue weighted by atomic mass is 10.2. The summed E-state index contributed by atoms with van der Waals surface area (Å²) in [7, 11) is 0. The second kappa shape index (κ2) is 7.29. The predicted molar refractivity (Wildman–Crippen MR) is 92.8 cm³/mol. The molecular weight excluding hydrogens is 374 g/mol. The van der Waals surface area contributed by atoms with Crippen LogP contribution in [0.15, 0.2) is 21.5 Å². The first-order chi connectivity index (χ1) is 10.0. The van der Waals surface area contributed by atoms with Crippen LogP contribution in [-0.2, 0) is 4.79 Å². The highest BCUT2D eigenvalue weighted by molar-refractivity contribution is 9.10. The van der Waals surface area contributed by atoms with E-state index in [0.29, 0.717) is 33.9 Å². The van der Waals surface area contributed by atoms with Crippen molar-refractivity contribution >= 4 is 56.2 Å². The SMILES string of the molecule is CCOc1cc(C=C2SC(=S)NC2=O)cc(Br)c1OCC. The molecule has 1 aromatic carbocycles. The van der Waals surface area contributed by atoms with Crippen molar-refractivity contribution in [2.24, 2.45) is 0 Å². The molecule has 112 valence electrons. The Morgan fingerprint density at radius 1 is 1.33 bits per heavy atom. The first-order valence-corrected chi connectivity index (χ1v) is 8.41. The van der Waals surface area contributed by atoms with E-state index in [2.05, 4.69) is 21.2 Å². The molecule has 0 aromatic heterocycles. The Hall–Kier alpha value is -1.05. The lowest BCUT2D eigenvalue weighted by Gasteiger charge is -2.13. The number of halogens is 1. The zero-order chi connectivity index (χ0) is 15.4. The van der Waals surface area contributed by atoms with Crippen LogP contribution in [-0.4, -0.2) is 23.4 Å². The summed E-state index contributed by atoms with van der Waals surface area (Å²) in [5.41, 5.74) is 0.844. The summed E-state index contributed by atoms with van der Waals surface area (Å²) in [6.45, 7) is 4.91. The van der Waals surface area contributed by atoms with Gasteiger partial charge in [0.15, 0.2) is 11.5 Å². The molecule has 1 fully saturated rings. The van der Waals surface area contributed by atoms with Crippen LogP contribution < -0.4 is 14.8 Å². The van der Waals surface area contributed by atoms with Crippen LogP contribution in [0, 0.1) is 0 Å². The van der Waals surface area contributed by atoms with Gasteiger partial charge >= 0.3 is 0 Å². The number of hydrogen-bond donors (Lipinski definition) is 1. The lowest BCUT2D eigenvalue weighted by molar-refractivity contribution is -0.115. The normalized spacial score (nSPS) is 16.2. The van der Waals surface area contributed by atoms with E-state index in [1.807, 2.05) is 26.0 Å². The number of hydrogen-bond acceptors (Lipinski definition) is 5. The van der Waals surface area contributed by atoms with Gasteiger partial charge in [0.05, 0.1) is 22.6 Å². The topological polar surface area (TPSA) is 47.6 Å². The molecule has 7 heteroatoms. The van der Waals surface area contributed by atoms with Crippen molar-refractivity contribution in [1.82, 2.24) is 5.32 Å². The quantitative estimate of drug-likeness (QED) is 0.615. The molecule has 1 saturated heterocycles. The molecule has 0 aliphatic carbocycles. The van der Waals surface area contributed by atoms with Crippen LogP contribution in [0.4, 0.5) is 0 Å². The van der Waals surface area contributed by atoms with Crippen LogP contribution in [0.2, 0.25) is 0 Å². The van der Waals surface area contributed by atoms with Crippen molar-refractivity contribution in [3.63, 3.8) is 0 Å². The van der Waals surface area contributed by atoms with Gasteiger partial charge in [0.2, 0.25) is 0 Å². The van der Waals surface area contributed by atoms with Crippen LogP contribution >= 0.6 is 39.9 Å². The number of thiocarbonyl (C=S) groups is 1. The van der Waals surface area contributed by atoms with E-state index < -0.39 is 0 Å². The van der Waals surface area contributed by atoms with E-state index in [-0.39, 0.29) is 5.91 Å². The van der Waals surface area contributed by atoms with Gasteiger partial charge in [-0.2, -0.15) is 0 Å². The van der Waals surface area contributed by atoms with E-state index in [4.69, 9.17) is 21.7 Å². The number of nitrogens with one attached hydrogen (secondary N) is 1. The maximum Gasteiger partial charge on any atom is 0.263 e. The molecular formula is C14H14BrNO3S2. The van der Waals surface area contributed by atoms with Crippen LogP contribution in [0.5, 0.6) is 11.5 Å². The van der Waals surface area contributed by atoms with Gasteiger partial charge in [-0.25, -0.2) is 0 Å². The first kappa shape index (κ1) is 16.3. The standard InChI is InChI=1S/C14H14BrNO3S2/c1-3-18-10-6-8(5-9(15)12(10)19-4-2)7-11-13(17)16-14(20)21-11/h5-7H,3-4H2,1-2H3,(H,16,17,20). The summed E-state index contributed by atoms with van der Waals surface area (Å²) in [6, 6.07) is 3.73. The van der Waals surface area contributed by atoms with Crippen molar-refractivity contribution in [2.75, 3.05) is 13.2 Å². The fraction of sp³-hybridized carbons (Fsp3) is 0.286. The van der Waals surface area contributed by atoms with Gasteiger partial charge in [-0.3, -0.25) is 4.79 Å². The Morgan fingerprint density at radius 2 is 2.05 bits per heavy atom. The largest absolute Gasteiger partial charge is 0.490 e. The number of thioether (sulfide) groups is 1. The van der Waals surface area contributed by atoms with Crippen molar-refractivity contribution in [3.05, 3.63) is 27.1 Å². The van der Waals surface area contributed by atoms with Gasteiger partial charge in [0.1, 0.15) is 4.32 Å². The monoisotopic (exact) mass is 387 g/mol. The van der Waals surface area contributed by atoms with Crippen LogP contribution in [0.3, 0.4) is 0 Å². The third-order valence-electron chi connectivity index (χ3n) is 2.56. The number of benzene rings is 1. The number of carbonyl (C=O) groups excluding carboxylic acids is 1. The van der Waals surface area contributed by atoms with E-state index in [0.717, 1.165) is 10.0 Å². The van der Waals surface area contributed by atoms with Gasteiger partial charge in [0, 0.05) is 0 Å². The molecule has 1 heterocycles. The maximum absolute atomic E-state index is 11.7. The molecule has 1 aliphatic heterocycles. The molecule has 0 unspecified atom stereocenters. The van der Waals surface area contributed by atoms with Crippen molar-refractivity contribution in [2.45, 2.75) is 13.8 Å². The number of rotatable bonds is 5. The van der Waals surface area contributed by atoms with E-state index in [9.17, 15) is 4.79 Å². The molecule has 21 heavy (non-hydrogen) atoms. The zero-order valence-electron chi connectivity index (χ0n) is 11.6. The Labute approximate surface area is 141 Å². The molecule has 0 saturated carbocycles. The minimum atomic E-state index is -0.173. The highest BCUT2D eigenvalue weighted by atomic mass is 79.9. The molecule has 0 radical (unpaired) electrons. The van der Waals surface area contributed by atoms with Gasteiger partial charge < -0.3 is 14.8 Å². The molecule has 0 spiro atoms. The number of ether oxygens (including phenoxy) is 2. The summed E-state index contributed by atoms with van der Waals surface area (Å²) in [5, 5.41) is 2.59. The van der Waals surface area contributed by atoms with Gasteiger partial charge in [-0.05, 0) is 53.5 Å². The fourth-order valence-corrected chi connectivity index (χ4v) is 3.41. The van der Waals surface area contributed by atoms with Crippen LogP contribution in [0.1, 0.15) is 19.4 Å². The second-order valence-electron chi connectivity index (χ2n) is 4.05. The highest BCUT2D eigenvalue weighted by Gasteiger charge is 2.22. The highest BCUT2D eigenvalue weighted by Crippen LogP contribution is 2.38. The molecule has 4 nitrogen and oxygen atoms in total. The van der Waals surface area contributed by atoms with E-state index in [1.165, 1.54) is 11.8 Å². The minimum Gasteiger partial charge on any atom is -0.490 e. The van der Waals surface area contributed by atoms with Crippen LogP contribution in [0.25, 0.3) is 6.08 Å². The molecule has 1 N–H and O–H groups in total. The fourth-order valence-electron chi connectivity index (χ4n) is 1.79. The molecule has 0 atom stereocenters. The van der Waals surface area contributed by atoms with Crippen molar-refractivity contribution in [1.29, 1.82) is 0 Å². The van der Waals surface area contributed by atoms with Crippen molar-refractivity contribution in [3.8, 4) is 11.5 Å². The Bertz CT molecular complexity index is 616. The summed E-state index contributed by atoms with van der Waals surface area (Å²) in [6.07, 6.45) is 1.78. The molecule has 1 aromatic rings. The van der Waals surface area contributed by atoms with Gasteiger partial charge in [0.25, 0.3) is 5.91 Å². The molecule has 1 aliphatic rings.